The third-order valence-electron chi connectivity index (χ3n) is 0.812. The topological polar surface area (TPSA) is 3.24 Å². The SMILES string of the molecule is CC[N]([SnH])CC. The Morgan fingerprint density at radius 2 is 1.67 bits per heavy atom. The van der Waals surface area contributed by atoms with E-state index in [4.69, 9.17) is 0 Å². The second kappa shape index (κ2) is 3.93. The van der Waals surface area contributed by atoms with Crippen molar-refractivity contribution in [1.29, 1.82) is 0 Å². The summed E-state index contributed by atoms with van der Waals surface area (Å²) in [5.41, 5.74) is 0. The van der Waals surface area contributed by atoms with Gasteiger partial charge in [0.2, 0.25) is 0 Å². The molecule has 0 atom stereocenters. The zero-order valence-electron chi connectivity index (χ0n) is 4.44. The van der Waals surface area contributed by atoms with E-state index >= 15 is 0 Å². The normalized spacial score (nSPS) is 10.0. The molecule has 1 nitrogen and oxygen atoms in total. The van der Waals surface area contributed by atoms with Crippen molar-refractivity contribution >= 4 is 22.8 Å². The van der Waals surface area contributed by atoms with Crippen LogP contribution in [0.1, 0.15) is 13.8 Å². The Morgan fingerprint density at radius 1 is 1.33 bits per heavy atom. The van der Waals surface area contributed by atoms with E-state index in [0.717, 1.165) is 0 Å². The van der Waals surface area contributed by atoms with Gasteiger partial charge in [-0.25, -0.2) is 0 Å². The molecule has 0 aromatic heterocycles. The Balaban J connectivity index is 2.75. The van der Waals surface area contributed by atoms with Crippen LogP contribution >= 0.6 is 0 Å². The van der Waals surface area contributed by atoms with Crippen LogP contribution in [-0.2, 0) is 0 Å². The molecule has 0 fully saturated rings. The first-order valence-electron chi connectivity index (χ1n) is 2.30. The molecular formula is C4H11NSn. The molecule has 0 bridgehead atoms. The second-order valence-electron chi connectivity index (χ2n) is 1.22. The first kappa shape index (κ1) is 6.76. The van der Waals surface area contributed by atoms with Crippen molar-refractivity contribution in [3.05, 3.63) is 0 Å². The molecule has 0 spiro atoms. The summed E-state index contributed by atoms with van der Waals surface area (Å²) in [7, 11) is 0. The van der Waals surface area contributed by atoms with E-state index < -0.39 is 0 Å². The van der Waals surface area contributed by atoms with Gasteiger partial charge in [-0.05, 0) is 0 Å². The Hall–Kier alpha value is 0.759. The van der Waals surface area contributed by atoms with Gasteiger partial charge >= 0.3 is 52.9 Å². The summed E-state index contributed by atoms with van der Waals surface area (Å²) in [5, 5.41) is 0. The molecule has 2 radical (unpaired) electrons. The van der Waals surface area contributed by atoms with Crippen LogP contribution < -0.4 is 0 Å². The van der Waals surface area contributed by atoms with E-state index in [1.165, 1.54) is 35.9 Å². The predicted molar refractivity (Wildman–Crippen MR) is 30.1 cm³/mol. The molecule has 6 heavy (non-hydrogen) atoms. The van der Waals surface area contributed by atoms with Crippen molar-refractivity contribution in [3.63, 3.8) is 0 Å². The summed E-state index contributed by atoms with van der Waals surface area (Å²) >= 11 is 1.28. The Morgan fingerprint density at radius 3 is 1.67 bits per heavy atom. The summed E-state index contributed by atoms with van der Waals surface area (Å²) < 4.78 is 2.38. The first-order valence-corrected chi connectivity index (χ1v) is 3.78. The van der Waals surface area contributed by atoms with Gasteiger partial charge in [0.05, 0.1) is 0 Å². The van der Waals surface area contributed by atoms with E-state index in [0.29, 0.717) is 0 Å². The van der Waals surface area contributed by atoms with E-state index in [9.17, 15) is 0 Å². The van der Waals surface area contributed by atoms with Gasteiger partial charge in [0.1, 0.15) is 0 Å². The molecular weight excluding hydrogens is 181 g/mol. The number of rotatable bonds is 2. The molecule has 0 aromatic rings. The Kier molecular flexibility index (Phi) is 4.43. The van der Waals surface area contributed by atoms with Crippen molar-refractivity contribution in [2.45, 2.75) is 13.8 Å². The van der Waals surface area contributed by atoms with E-state index in [2.05, 4.69) is 17.0 Å². The van der Waals surface area contributed by atoms with Crippen LogP contribution in [0, 0.1) is 0 Å². The number of nitrogens with zero attached hydrogens (tertiary/aromatic N) is 1. The van der Waals surface area contributed by atoms with Crippen LogP contribution in [0.4, 0.5) is 0 Å². The molecule has 0 saturated carbocycles. The third-order valence-corrected chi connectivity index (χ3v) is 2.90. The fourth-order valence-electron chi connectivity index (χ4n) is 0.224. The zero-order valence-corrected chi connectivity index (χ0v) is 7.73. The van der Waals surface area contributed by atoms with Crippen LogP contribution in [0.5, 0.6) is 0 Å². The van der Waals surface area contributed by atoms with Crippen molar-refractivity contribution in [2.75, 3.05) is 13.1 Å². The van der Waals surface area contributed by atoms with Gasteiger partial charge in [-0.2, -0.15) is 0 Å². The van der Waals surface area contributed by atoms with Gasteiger partial charge in [0.15, 0.2) is 0 Å². The molecule has 0 saturated heterocycles. The first-order chi connectivity index (χ1) is 2.81. The summed E-state index contributed by atoms with van der Waals surface area (Å²) in [6.45, 7) is 6.82. The van der Waals surface area contributed by atoms with Crippen LogP contribution in [0.25, 0.3) is 0 Å². The zero-order chi connectivity index (χ0) is 4.99. The van der Waals surface area contributed by atoms with Crippen molar-refractivity contribution in [3.8, 4) is 0 Å². The Bertz CT molecular complexity index is 26.7. The maximum absolute atomic E-state index is 2.38. The Labute approximate surface area is 53.2 Å². The van der Waals surface area contributed by atoms with Gasteiger partial charge in [-0.15, -0.1) is 0 Å². The molecule has 0 aliphatic heterocycles. The van der Waals surface area contributed by atoms with E-state index in [-0.39, 0.29) is 0 Å². The monoisotopic (exact) mass is 193 g/mol. The number of hydrogen-bond donors (Lipinski definition) is 0. The standard InChI is InChI=1S/C4H10N.Sn.H/c1-3-5-4-2;;/h3-4H2,1-2H3;;/q-1;+1;. The summed E-state index contributed by atoms with van der Waals surface area (Å²) in [6, 6.07) is 0. The summed E-state index contributed by atoms with van der Waals surface area (Å²) in [6.07, 6.45) is 0. The molecule has 36 valence electrons. The molecule has 0 aromatic carbocycles. The molecule has 0 rings (SSSR count). The third kappa shape index (κ3) is 2.97. The fraction of sp³-hybridized carbons (Fsp3) is 1.00. The van der Waals surface area contributed by atoms with E-state index in [1.807, 2.05) is 0 Å². The van der Waals surface area contributed by atoms with Crippen molar-refractivity contribution in [2.24, 2.45) is 0 Å². The van der Waals surface area contributed by atoms with Gasteiger partial charge in [0, 0.05) is 0 Å². The molecule has 0 aliphatic carbocycles. The average Bonchev–Trinajstić information content (AvgIpc) is 1.65. The second-order valence-corrected chi connectivity index (χ2v) is 3.31. The fourth-order valence-corrected chi connectivity index (χ4v) is 0.224. The molecule has 0 unspecified atom stereocenters. The van der Waals surface area contributed by atoms with Crippen LogP contribution in [-0.4, -0.2) is 39.0 Å². The van der Waals surface area contributed by atoms with Gasteiger partial charge in [-0.1, -0.05) is 0 Å². The molecule has 0 amide bonds. The molecule has 0 heterocycles. The van der Waals surface area contributed by atoms with Gasteiger partial charge < -0.3 is 0 Å². The maximum atomic E-state index is 2.38. The van der Waals surface area contributed by atoms with Gasteiger partial charge in [0.25, 0.3) is 0 Å². The average molecular weight is 192 g/mol. The summed E-state index contributed by atoms with van der Waals surface area (Å²) in [4.78, 5) is 0. The van der Waals surface area contributed by atoms with Gasteiger partial charge in [-0.3, -0.25) is 0 Å². The van der Waals surface area contributed by atoms with E-state index in [1.54, 1.807) is 0 Å². The quantitative estimate of drug-likeness (QED) is 0.562. The van der Waals surface area contributed by atoms with Crippen LogP contribution in [0.3, 0.4) is 0 Å². The summed E-state index contributed by atoms with van der Waals surface area (Å²) in [5.74, 6) is 0. The predicted octanol–water partition coefficient (Wildman–Crippen LogP) is 0.144. The van der Waals surface area contributed by atoms with Crippen LogP contribution in [0.15, 0.2) is 0 Å². The van der Waals surface area contributed by atoms with Crippen molar-refractivity contribution in [1.82, 2.24) is 3.12 Å². The number of hydrogen-bond acceptors (Lipinski definition) is 1. The molecule has 0 N–H and O–H groups in total. The van der Waals surface area contributed by atoms with Crippen molar-refractivity contribution < 1.29 is 0 Å². The minimum absolute atomic E-state index is 1.22. The molecule has 0 aliphatic rings. The van der Waals surface area contributed by atoms with Crippen LogP contribution in [0.2, 0.25) is 0 Å². The molecule has 2 heteroatoms. The minimum atomic E-state index is 1.22.